The lowest BCUT2D eigenvalue weighted by molar-refractivity contribution is -0.121. The molecule has 6 heteroatoms. The Balaban J connectivity index is 2.04. The smallest absolute Gasteiger partial charge is 0.225 e. The fourth-order valence-electron chi connectivity index (χ4n) is 2.14. The molecule has 5 nitrogen and oxygen atoms in total. The molecule has 0 bridgehead atoms. The molecule has 2 aromatic heterocycles. The van der Waals surface area contributed by atoms with Gasteiger partial charge in [-0.3, -0.25) is 9.48 Å². The molecule has 20 heavy (non-hydrogen) atoms. The molecular formula is C14H20N4OS. The molecule has 0 aliphatic rings. The number of aryl methyl sites for hydroxylation is 1. The van der Waals surface area contributed by atoms with Crippen LogP contribution in [0.25, 0.3) is 0 Å². The predicted octanol–water partition coefficient (Wildman–Crippen LogP) is 2.32. The molecule has 2 heterocycles. The van der Waals surface area contributed by atoms with Gasteiger partial charge in [0.25, 0.3) is 0 Å². The molecule has 2 rings (SSSR count). The normalized spacial score (nSPS) is 12.6. The van der Waals surface area contributed by atoms with Crippen LogP contribution in [-0.4, -0.2) is 20.7 Å². The zero-order chi connectivity index (χ0) is 14.5. The molecule has 1 unspecified atom stereocenters. The summed E-state index contributed by atoms with van der Waals surface area (Å²) in [6.45, 7) is 4.27. The second kappa shape index (κ2) is 6.65. The van der Waals surface area contributed by atoms with E-state index in [1.54, 1.807) is 16.0 Å². The lowest BCUT2D eigenvalue weighted by Gasteiger charge is -2.19. The van der Waals surface area contributed by atoms with Gasteiger partial charge in [-0.15, -0.1) is 0 Å². The van der Waals surface area contributed by atoms with E-state index in [4.69, 9.17) is 0 Å². The lowest BCUT2D eigenvalue weighted by Crippen LogP contribution is -2.32. The average Bonchev–Trinajstić information content (AvgIpc) is 2.99. The van der Waals surface area contributed by atoms with Crippen molar-refractivity contribution in [3.63, 3.8) is 0 Å². The summed E-state index contributed by atoms with van der Waals surface area (Å²) in [6, 6.07) is 1.89. The largest absolute Gasteiger partial charge is 0.346 e. The fourth-order valence-corrected chi connectivity index (χ4v) is 2.81. The van der Waals surface area contributed by atoms with Crippen molar-refractivity contribution in [1.29, 1.82) is 0 Å². The maximum Gasteiger partial charge on any atom is 0.225 e. The fraction of sp³-hybridized carbons (Fsp3) is 0.500. The number of carbonyl (C=O) groups is 1. The van der Waals surface area contributed by atoms with E-state index in [1.807, 2.05) is 23.9 Å². The SMILES string of the molecule is CC(C)CC(NC(=O)Cc1ccsc1)c1ncnn1C. The molecule has 1 amide bonds. The van der Waals surface area contributed by atoms with Gasteiger partial charge in [0.15, 0.2) is 0 Å². The quantitative estimate of drug-likeness (QED) is 0.889. The first-order valence-electron chi connectivity index (χ1n) is 6.70. The summed E-state index contributed by atoms with van der Waals surface area (Å²) in [5.41, 5.74) is 1.05. The Morgan fingerprint density at radius 3 is 2.85 bits per heavy atom. The van der Waals surface area contributed by atoms with Crippen LogP contribution < -0.4 is 5.32 Å². The van der Waals surface area contributed by atoms with Crippen LogP contribution in [0.5, 0.6) is 0 Å². The number of hydrogen-bond acceptors (Lipinski definition) is 4. The first-order chi connectivity index (χ1) is 9.56. The van der Waals surface area contributed by atoms with Gasteiger partial charge in [-0.2, -0.15) is 16.4 Å². The van der Waals surface area contributed by atoms with Gasteiger partial charge in [-0.25, -0.2) is 4.98 Å². The van der Waals surface area contributed by atoms with E-state index in [0.717, 1.165) is 17.8 Å². The minimum Gasteiger partial charge on any atom is -0.346 e. The van der Waals surface area contributed by atoms with Crippen LogP contribution in [0.1, 0.15) is 37.7 Å². The van der Waals surface area contributed by atoms with Gasteiger partial charge < -0.3 is 5.32 Å². The molecule has 0 aliphatic carbocycles. The maximum atomic E-state index is 12.1. The Morgan fingerprint density at radius 2 is 2.30 bits per heavy atom. The Bertz CT molecular complexity index is 547. The van der Waals surface area contributed by atoms with Gasteiger partial charge >= 0.3 is 0 Å². The highest BCUT2D eigenvalue weighted by molar-refractivity contribution is 7.07. The average molecular weight is 292 g/mol. The molecule has 0 saturated heterocycles. The number of nitrogens with zero attached hydrogens (tertiary/aromatic N) is 3. The van der Waals surface area contributed by atoms with Crippen LogP contribution in [0, 0.1) is 5.92 Å². The first kappa shape index (κ1) is 14.7. The summed E-state index contributed by atoms with van der Waals surface area (Å²) in [7, 11) is 1.85. The second-order valence-corrected chi connectivity index (χ2v) is 6.08. The standard InChI is InChI=1S/C14H20N4OS/c1-10(2)6-12(14-15-9-16-18(14)3)17-13(19)7-11-4-5-20-8-11/h4-5,8-10,12H,6-7H2,1-3H3,(H,17,19). The van der Waals surface area contributed by atoms with E-state index >= 15 is 0 Å². The zero-order valence-corrected chi connectivity index (χ0v) is 12.9. The predicted molar refractivity (Wildman–Crippen MR) is 79.4 cm³/mol. The van der Waals surface area contributed by atoms with E-state index in [0.29, 0.717) is 12.3 Å². The third-order valence-electron chi connectivity index (χ3n) is 3.05. The van der Waals surface area contributed by atoms with Gasteiger partial charge in [0.1, 0.15) is 12.2 Å². The van der Waals surface area contributed by atoms with E-state index in [9.17, 15) is 4.79 Å². The second-order valence-electron chi connectivity index (χ2n) is 5.30. The number of hydrogen-bond donors (Lipinski definition) is 1. The minimum atomic E-state index is -0.0892. The van der Waals surface area contributed by atoms with E-state index in [-0.39, 0.29) is 11.9 Å². The van der Waals surface area contributed by atoms with Crippen molar-refractivity contribution in [1.82, 2.24) is 20.1 Å². The summed E-state index contributed by atoms with van der Waals surface area (Å²) in [5, 5.41) is 11.1. The van der Waals surface area contributed by atoms with Gasteiger partial charge in [0, 0.05) is 7.05 Å². The molecule has 0 radical (unpaired) electrons. The highest BCUT2D eigenvalue weighted by Gasteiger charge is 2.20. The van der Waals surface area contributed by atoms with Crippen LogP contribution in [0.3, 0.4) is 0 Å². The van der Waals surface area contributed by atoms with E-state index in [1.165, 1.54) is 6.33 Å². The highest BCUT2D eigenvalue weighted by atomic mass is 32.1. The highest BCUT2D eigenvalue weighted by Crippen LogP contribution is 2.19. The van der Waals surface area contributed by atoms with Crippen LogP contribution in [-0.2, 0) is 18.3 Å². The van der Waals surface area contributed by atoms with E-state index < -0.39 is 0 Å². The van der Waals surface area contributed by atoms with Crippen molar-refractivity contribution in [2.24, 2.45) is 13.0 Å². The summed E-state index contributed by atoms with van der Waals surface area (Å²) < 4.78 is 1.72. The molecule has 108 valence electrons. The van der Waals surface area contributed by atoms with E-state index in [2.05, 4.69) is 29.2 Å². The first-order valence-corrected chi connectivity index (χ1v) is 7.65. The molecule has 0 saturated carbocycles. The molecule has 0 spiro atoms. The minimum absolute atomic E-state index is 0.0250. The third-order valence-corrected chi connectivity index (χ3v) is 3.78. The van der Waals surface area contributed by atoms with Gasteiger partial charge in [0.05, 0.1) is 12.5 Å². The monoisotopic (exact) mass is 292 g/mol. The zero-order valence-electron chi connectivity index (χ0n) is 12.0. The Kier molecular flexibility index (Phi) is 4.89. The van der Waals surface area contributed by atoms with Crippen molar-refractivity contribution in [3.8, 4) is 0 Å². The Morgan fingerprint density at radius 1 is 1.50 bits per heavy atom. The molecular weight excluding hydrogens is 272 g/mol. The molecule has 1 atom stereocenters. The molecule has 1 N–H and O–H groups in total. The topological polar surface area (TPSA) is 59.8 Å². The van der Waals surface area contributed by atoms with Gasteiger partial charge in [-0.05, 0) is 34.7 Å². The van der Waals surface area contributed by atoms with Crippen molar-refractivity contribution >= 4 is 17.2 Å². The Labute approximate surface area is 123 Å². The third kappa shape index (κ3) is 3.90. The van der Waals surface area contributed by atoms with Crippen molar-refractivity contribution < 1.29 is 4.79 Å². The van der Waals surface area contributed by atoms with Crippen molar-refractivity contribution in [2.75, 3.05) is 0 Å². The van der Waals surface area contributed by atoms with Crippen molar-refractivity contribution in [2.45, 2.75) is 32.7 Å². The summed E-state index contributed by atoms with van der Waals surface area (Å²) in [6.07, 6.45) is 2.78. The molecule has 0 aromatic carbocycles. The lowest BCUT2D eigenvalue weighted by atomic mass is 10.0. The van der Waals surface area contributed by atoms with Gasteiger partial charge in [0.2, 0.25) is 5.91 Å². The van der Waals surface area contributed by atoms with Gasteiger partial charge in [-0.1, -0.05) is 13.8 Å². The number of rotatable bonds is 6. The van der Waals surface area contributed by atoms with Crippen molar-refractivity contribution in [3.05, 3.63) is 34.5 Å². The van der Waals surface area contributed by atoms with Crippen LogP contribution in [0.15, 0.2) is 23.2 Å². The maximum absolute atomic E-state index is 12.1. The molecule has 0 aliphatic heterocycles. The Hall–Kier alpha value is -1.69. The number of nitrogens with one attached hydrogen (secondary N) is 1. The summed E-state index contributed by atoms with van der Waals surface area (Å²) in [5.74, 6) is 1.30. The number of thiophene rings is 1. The molecule has 2 aromatic rings. The van der Waals surface area contributed by atoms with Crippen LogP contribution >= 0.6 is 11.3 Å². The summed E-state index contributed by atoms with van der Waals surface area (Å²) >= 11 is 1.60. The van der Waals surface area contributed by atoms with Crippen LogP contribution in [0.2, 0.25) is 0 Å². The number of amides is 1. The molecule has 0 fully saturated rings. The van der Waals surface area contributed by atoms with Crippen LogP contribution in [0.4, 0.5) is 0 Å². The number of aromatic nitrogens is 3. The number of carbonyl (C=O) groups excluding carboxylic acids is 1. The summed E-state index contributed by atoms with van der Waals surface area (Å²) in [4.78, 5) is 16.4.